The summed E-state index contributed by atoms with van der Waals surface area (Å²) in [5.41, 5.74) is 3.40. The molecule has 0 fully saturated rings. The lowest BCUT2D eigenvalue weighted by Crippen LogP contribution is -2.14. The van der Waals surface area contributed by atoms with Crippen molar-refractivity contribution in [1.29, 1.82) is 0 Å². The number of carbonyl (C=O) groups is 1. The van der Waals surface area contributed by atoms with Crippen LogP contribution in [0.25, 0.3) is 0 Å². The Hall–Kier alpha value is -2.58. The smallest absolute Gasteiger partial charge is 0.261 e. The Kier molecular flexibility index (Phi) is 4.41. The average Bonchev–Trinajstić information content (AvgIpc) is 2.78. The number of aliphatic hydroxyl groups excluding tert-OH is 1. The fourth-order valence-electron chi connectivity index (χ4n) is 2.02. The molecule has 0 aliphatic heterocycles. The summed E-state index contributed by atoms with van der Waals surface area (Å²) in [7, 11) is 0. The maximum absolute atomic E-state index is 12.3. The molecular weight excluding hydrogens is 268 g/mol. The lowest BCUT2D eigenvalue weighted by Gasteiger charge is -2.08. The van der Waals surface area contributed by atoms with Crippen LogP contribution in [0.5, 0.6) is 0 Å². The zero-order chi connectivity index (χ0) is 15.4. The Morgan fingerprint density at radius 3 is 2.71 bits per heavy atom. The number of carbonyl (C=O) groups excluding carboxylic acids is 1. The van der Waals surface area contributed by atoms with Crippen molar-refractivity contribution in [2.45, 2.75) is 20.8 Å². The Morgan fingerprint density at radius 1 is 1.38 bits per heavy atom. The van der Waals surface area contributed by atoms with Gasteiger partial charge < -0.3 is 14.9 Å². The van der Waals surface area contributed by atoms with E-state index in [1.54, 1.807) is 26.0 Å². The maximum atomic E-state index is 12.3. The summed E-state index contributed by atoms with van der Waals surface area (Å²) in [6, 6.07) is 5.43. The second-order valence-corrected chi connectivity index (χ2v) is 4.64. The van der Waals surface area contributed by atoms with Crippen molar-refractivity contribution in [3.05, 3.63) is 46.3 Å². The molecule has 2 rings (SSSR count). The third-order valence-corrected chi connectivity index (χ3v) is 3.05. The van der Waals surface area contributed by atoms with Crippen molar-refractivity contribution >= 4 is 11.6 Å². The van der Waals surface area contributed by atoms with Crippen LogP contribution in [0, 0.1) is 32.6 Å². The molecule has 1 aromatic heterocycles. The Labute approximate surface area is 123 Å². The number of aromatic nitrogens is 1. The lowest BCUT2D eigenvalue weighted by molar-refractivity contribution is 0.102. The normalized spacial score (nSPS) is 9.90. The minimum atomic E-state index is -0.247. The van der Waals surface area contributed by atoms with Crippen LogP contribution < -0.4 is 5.32 Å². The second kappa shape index (κ2) is 6.25. The highest BCUT2D eigenvalue weighted by Crippen LogP contribution is 2.19. The number of aryl methyl sites for hydroxylation is 3. The summed E-state index contributed by atoms with van der Waals surface area (Å²) in [4.78, 5) is 12.3. The highest BCUT2D eigenvalue weighted by molar-refractivity contribution is 6.06. The van der Waals surface area contributed by atoms with E-state index in [4.69, 9.17) is 9.63 Å². The minimum Gasteiger partial charge on any atom is -0.384 e. The van der Waals surface area contributed by atoms with Gasteiger partial charge in [-0.1, -0.05) is 17.0 Å². The van der Waals surface area contributed by atoms with E-state index in [1.165, 1.54) is 0 Å². The Morgan fingerprint density at radius 2 is 2.14 bits per heavy atom. The van der Waals surface area contributed by atoms with Crippen LogP contribution in [-0.2, 0) is 0 Å². The molecule has 0 aliphatic carbocycles. The molecule has 1 heterocycles. The van der Waals surface area contributed by atoms with Crippen molar-refractivity contribution in [3.63, 3.8) is 0 Å². The SMILES string of the molecule is Cc1cc(C#CCO)ccc1NC(=O)c1c(C)noc1C. The first-order chi connectivity index (χ1) is 10.0. The largest absolute Gasteiger partial charge is 0.384 e. The minimum absolute atomic E-state index is 0.177. The number of aliphatic hydroxyl groups is 1. The molecule has 0 atom stereocenters. The standard InChI is InChI=1S/C16H16N2O3/c1-10-9-13(5-4-8-19)6-7-14(10)17-16(20)15-11(2)18-21-12(15)3/h6-7,9,19H,8H2,1-3H3,(H,17,20). The van der Waals surface area contributed by atoms with Gasteiger partial charge in [-0.15, -0.1) is 0 Å². The van der Waals surface area contributed by atoms with Gasteiger partial charge in [0.1, 0.15) is 17.9 Å². The third kappa shape index (κ3) is 3.30. The fraction of sp³-hybridized carbons (Fsp3) is 0.250. The van der Waals surface area contributed by atoms with E-state index in [-0.39, 0.29) is 12.5 Å². The van der Waals surface area contributed by atoms with Crippen molar-refractivity contribution in [1.82, 2.24) is 5.16 Å². The molecule has 0 bridgehead atoms. The number of nitrogens with zero attached hydrogens (tertiary/aromatic N) is 1. The van der Waals surface area contributed by atoms with E-state index >= 15 is 0 Å². The molecule has 108 valence electrons. The van der Waals surface area contributed by atoms with Crippen LogP contribution >= 0.6 is 0 Å². The molecule has 2 N–H and O–H groups in total. The fourth-order valence-corrected chi connectivity index (χ4v) is 2.02. The number of nitrogens with one attached hydrogen (secondary N) is 1. The summed E-state index contributed by atoms with van der Waals surface area (Å²) in [5.74, 6) is 5.66. The molecule has 0 saturated heterocycles. The Balaban J connectivity index is 2.22. The number of benzene rings is 1. The summed E-state index contributed by atoms with van der Waals surface area (Å²) < 4.78 is 5.00. The van der Waals surface area contributed by atoms with Crippen LogP contribution in [0.1, 0.15) is 32.9 Å². The van der Waals surface area contributed by atoms with Crippen molar-refractivity contribution in [2.24, 2.45) is 0 Å². The van der Waals surface area contributed by atoms with Crippen LogP contribution in [0.4, 0.5) is 5.69 Å². The van der Waals surface area contributed by atoms with Gasteiger partial charge in [-0.05, 0) is 44.5 Å². The second-order valence-electron chi connectivity index (χ2n) is 4.64. The zero-order valence-electron chi connectivity index (χ0n) is 12.2. The molecule has 0 spiro atoms. The summed E-state index contributed by atoms with van der Waals surface area (Å²) in [6.07, 6.45) is 0. The van der Waals surface area contributed by atoms with Gasteiger partial charge in [0.2, 0.25) is 0 Å². The molecular formula is C16H16N2O3. The molecule has 2 aromatic rings. The zero-order valence-corrected chi connectivity index (χ0v) is 12.2. The number of amides is 1. The summed E-state index contributed by atoms with van der Waals surface area (Å²) >= 11 is 0. The van der Waals surface area contributed by atoms with E-state index < -0.39 is 0 Å². The number of hydrogen-bond acceptors (Lipinski definition) is 4. The number of anilines is 1. The molecule has 5 heteroatoms. The van der Waals surface area contributed by atoms with Gasteiger partial charge >= 0.3 is 0 Å². The highest BCUT2D eigenvalue weighted by atomic mass is 16.5. The quantitative estimate of drug-likeness (QED) is 0.829. The van der Waals surface area contributed by atoms with E-state index in [0.717, 1.165) is 11.1 Å². The first-order valence-corrected chi connectivity index (χ1v) is 6.47. The van der Waals surface area contributed by atoms with Crippen LogP contribution in [0.2, 0.25) is 0 Å². The van der Waals surface area contributed by atoms with E-state index in [1.807, 2.05) is 13.0 Å². The van der Waals surface area contributed by atoms with Gasteiger partial charge in [-0.3, -0.25) is 4.79 Å². The van der Waals surface area contributed by atoms with Crippen molar-refractivity contribution < 1.29 is 14.4 Å². The number of hydrogen-bond donors (Lipinski definition) is 2. The summed E-state index contributed by atoms with van der Waals surface area (Å²) in [6.45, 7) is 5.14. The average molecular weight is 284 g/mol. The van der Waals surface area contributed by atoms with Gasteiger partial charge in [0.15, 0.2) is 0 Å². The topological polar surface area (TPSA) is 75.4 Å². The van der Waals surface area contributed by atoms with Gasteiger partial charge in [0.25, 0.3) is 5.91 Å². The molecule has 1 aromatic carbocycles. The van der Waals surface area contributed by atoms with Gasteiger partial charge in [0, 0.05) is 11.3 Å². The third-order valence-electron chi connectivity index (χ3n) is 3.05. The molecule has 0 saturated carbocycles. The molecule has 0 aliphatic rings. The van der Waals surface area contributed by atoms with Gasteiger partial charge in [-0.2, -0.15) is 0 Å². The summed E-state index contributed by atoms with van der Waals surface area (Å²) in [5, 5.41) is 15.3. The van der Waals surface area contributed by atoms with Crippen molar-refractivity contribution in [3.8, 4) is 11.8 Å². The van der Waals surface area contributed by atoms with Crippen molar-refractivity contribution in [2.75, 3.05) is 11.9 Å². The van der Waals surface area contributed by atoms with Crippen LogP contribution in [0.3, 0.4) is 0 Å². The first kappa shape index (κ1) is 14.8. The van der Waals surface area contributed by atoms with E-state index in [9.17, 15) is 4.79 Å². The van der Waals surface area contributed by atoms with Gasteiger partial charge in [0.05, 0.1) is 5.69 Å². The maximum Gasteiger partial charge on any atom is 0.261 e. The monoisotopic (exact) mass is 284 g/mol. The predicted octanol–water partition coefficient (Wildman–Crippen LogP) is 2.20. The van der Waals surface area contributed by atoms with Crippen LogP contribution in [-0.4, -0.2) is 22.8 Å². The van der Waals surface area contributed by atoms with E-state index in [2.05, 4.69) is 22.3 Å². The predicted molar refractivity (Wildman–Crippen MR) is 79.1 cm³/mol. The number of rotatable bonds is 2. The molecule has 21 heavy (non-hydrogen) atoms. The van der Waals surface area contributed by atoms with Gasteiger partial charge in [-0.25, -0.2) is 0 Å². The lowest BCUT2D eigenvalue weighted by atomic mass is 10.1. The van der Waals surface area contributed by atoms with E-state index in [0.29, 0.717) is 22.7 Å². The molecule has 5 nitrogen and oxygen atoms in total. The molecule has 0 unspecified atom stereocenters. The highest BCUT2D eigenvalue weighted by Gasteiger charge is 2.18. The first-order valence-electron chi connectivity index (χ1n) is 6.47. The Bertz CT molecular complexity index is 716. The molecule has 1 amide bonds. The molecule has 0 radical (unpaired) electrons. The van der Waals surface area contributed by atoms with Crippen LogP contribution in [0.15, 0.2) is 22.7 Å².